The van der Waals surface area contributed by atoms with Gasteiger partial charge < -0.3 is 15.3 Å². The second-order valence-electron chi connectivity index (χ2n) is 6.04. The normalized spacial score (nSPS) is 16.3. The molecule has 0 unspecified atom stereocenters. The Morgan fingerprint density at radius 2 is 1.91 bits per heavy atom. The summed E-state index contributed by atoms with van der Waals surface area (Å²) in [6.45, 7) is 1.91. The number of anilines is 2. The molecule has 1 aliphatic heterocycles. The van der Waals surface area contributed by atoms with Gasteiger partial charge in [0.1, 0.15) is 0 Å². The summed E-state index contributed by atoms with van der Waals surface area (Å²) >= 11 is 0. The van der Waals surface area contributed by atoms with Gasteiger partial charge in [0.2, 0.25) is 10.0 Å². The van der Waals surface area contributed by atoms with E-state index in [9.17, 15) is 8.42 Å². The molecule has 0 aliphatic carbocycles. The van der Waals surface area contributed by atoms with Crippen molar-refractivity contribution in [3.63, 3.8) is 0 Å². The van der Waals surface area contributed by atoms with Crippen LogP contribution in [0, 0.1) is 0 Å². The second kappa shape index (κ2) is 7.99. The minimum absolute atomic E-state index is 0.107. The van der Waals surface area contributed by atoms with Gasteiger partial charge in [-0.15, -0.1) is 0 Å². The summed E-state index contributed by atoms with van der Waals surface area (Å²) in [5.41, 5.74) is 1.71. The van der Waals surface area contributed by atoms with E-state index in [1.54, 1.807) is 16.4 Å². The van der Waals surface area contributed by atoms with E-state index in [2.05, 4.69) is 5.32 Å². The van der Waals surface area contributed by atoms with Crippen molar-refractivity contribution in [2.24, 2.45) is 0 Å². The van der Waals surface area contributed by atoms with Crippen molar-refractivity contribution in [2.45, 2.75) is 30.6 Å². The molecule has 0 aromatic heterocycles. The molecule has 6 nitrogen and oxygen atoms in total. The van der Waals surface area contributed by atoms with Gasteiger partial charge in [0, 0.05) is 40.3 Å². The third kappa shape index (κ3) is 4.37. The van der Waals surface area contributed by atoms with Gasteiger partial charge in [0.05, 0.1) is 16.3 Å². The standard InChI is InChI=1S/C16H27N3O3S/c1-18(2)16-8-7-14(13-15(16)17-9-6-12-20)23(21,22)19-10-4-3-5-11-19/h7-8,13,17,20H,3-6,9-12H2,1-2H3. The van der Waals surface area contributed by atoms with Gasteiger partial charge in [-0.2, -0.15) is 4.31 Å². The Balaban J connectivity index is 2.29. The fourth-order valence-corrected chi connectivity index (χ4v) is 4.31. The number of nitrogens with one attached hydrogen (secondary N) is 1. The molecule has 1 fully saturated rings. The van der Waals surface area contributed by atoms with Crippen LogP contribution < -0.4 is 10.2 Å². The molecule has 2 N–H and O–H groups in total. The van der Waals surface area contributed by atoms with Gasteiger partial charge in [0.15, 0.2) is 0 Å². The van der Waals surface area contributed by atoms with E-state index in [1.807, 2.05) is 25.1 Å². The molecule has 0 saturated carbocycles. The van der Waals surface area contributed by atoms with Gasteiger partial charge >= 0.3 is 0 Å². The Kier molecular flexibility index (Phi) is 6.26. The van der Waals surface area contributed by atoms with E-state index in [1.165, 1.54) is 0 Å². The first-order valence-electron chi connectivity index (χ1n) is 8.13. The second-order valence-corrected chi connectivity index (χ2v) is 7.98. The van der Waals surface area contributed by atoms with E-state index < -0.39 is 10.0 Å². The van der Waals surface area contributed by atoms with Crippen molar-refractivity contribution in [2.75, 3.05) is 50.6 Å². The van der Waals surface area contributed by atoms with Crippen molar-refractivity contribution in [3.8, 4) is 0 Å². The van der Waals surface area contributed by atoms with Crippen LogP contribution in [-0.2, 0) is 10.0 Å². The number of aliphatic hydroxyl groups excluding tert-OH is 1. The van der Waals surface area contributed by atoms with Gasteiger partial charge in [-0.05, 0) is 37.5 Å². The summed E-state index contributed by atoms with van der Waals surface area (Å²) in [6.07, 6.45) is 3.57. The van der Waals surface area contributed by atoms with Crippen LogP contribution in [0.5, 0.6) is 0 Å². The number of hydrogen-bond acceptors (Lipinski definition) is 5. The molecular weight excluding hydrogens is 314 g/mol. The van der Waals surface area contributed by atoms with E-state index in [-0.39, 0.29) is 6.61 Å². The van der Waals surface area contributed by atoms with Gasteiger partial charge in [-0.25, -0.2) is 8.42 Å². The van der Waals surface area contributed by atoms with E-state index in [4.69, 9.17) is 5.11 Å². The first kappa shape index (κ1) is 18.0. The predicted molar refractivity (Wildman–Crippen MR) is 93.6 cm³/mol. The molecule has 1 aromatic carbocycles. The van der Waals surface area contributed by atoms with Crippen molar-refractivity contribution < 1.29 is 13.5 Å². The third-order valence-electron chi connectivity index (χ3n) is 4.05. The SMILES string of the molecule is CN(C)c1ccc(S(=O)(=O)N2CCCCC2)cc1NCCCO. The topological polar surface area (TPSA) is 72.9 Å². The van der Waals surface area contributed by atoms with Crippen LogP contribution in [0.2, 0.25) is 0 Å². The van der Waals surface area contributed by atoms with Gasteiger partial charge in [-0.3, -0.25) is 0 Å². The zero-order valence-corrected chi connectivity index (χ0v) is 14.8. The Hall–Kier alpha value is -1.31. The molecule has 1 saturated heterocycles. The van der Waals surface area contributed by atoms with Crippen molar-refractivity contribution in [3.05, 3.63) is 18.2 Å². The number of sulfonamides is 1. The van der Waals surface area contributed by atoms with Crippen LogP contribution in [0.1, 0.15) is 25.7 Å². The molecule has 23 heavy (non-hydrogen) atoms. The number of hydrogen-bond donors (Lipinski definition) is 2. The molecule has 1 aliphatic rings. The number of piperidine rings is 1. The average molecular weight is 341 g/mol. The smallest absolute Gasteiger partial charge is 0.243 e. The quantitative estimate of drug-likeness (QED) is 0.739. The molecule has 1 heterocycles. The lowest BCUT2D eigenvalue weighted by Gasteiger charge is -2.27. The lowest BCUT2D eigenvalue weighted by molar-refractivity contribution is 0.292. The minimum atomic E-state index is -3.43. The van der Waals surface area contributed by atoms with E-state index in [0.29, 0.717) is 31.0 Å². The Morgan fingerprint density at radius 1 is 1.22 bits per heavy atom. The average Bonchev–Trinajstić information content (AvgIpc) is 2.55. The maximum Gasteiger partial charge on any atom is 0.243 e. The zero-order valence-electron chi connectivity index (χ0n) is 14.0. The fourth-order valence-electron chi connectivity index (χ4n) is 2.76. The highest BCUT2D eigenvalue weighted by atomic mass is 32.2. The lowest BCUT2D eigenvalue weighted by atomic mass is 10.2. The van der Waals surface area contributed by atoms with Gasteiger partial charge in [-0.1, -0.05) is 6.42 Å². The largest absolute Gasteiger partial charge is 0.396 e. The highest BCUT2D eigenvalue weighted by Crippen LogP contribution is 2.29. The highest BCUT2D eigenvalue weighted by molar-refractivity contribution is 7.89. The summed E-state index contributed by atoms with van der Waals surface area (Å²) in [6, 6.07) is 5.21. The van der Waals surface area contributed by atoms with Crippen molar-refractivity contribution in [1.82, 2.24) is 4.31 Å². The van der Waals surface area contributed by atoms with Crippen LogP contribution >= 0.6 is 0 Å². The van der Waals surface area contributed by atoms with Crippen molar-refractivity contribution in [1.29, 1.82) is 0 Å². The Morgan fingerprint density at radius 3 is 2.52 bits per heavy atom. The monoisotopic (exact) mass is 341 g/mol. The predicted octanol–water partition coefficient (Wildman–Crippen LogP) is 1.72. The highest BCUT2D eigenvalue weighted by Gasteiger charge is 2.26. The van der Waals surface area contributed by atoms with Crippen molar-refractivity contribution >= 4 is 21.4 Å². The minimum Gasteiger partial charge on any atom is -0.396 e. The maximum atomic E-state index is 12.8. The molecule has 0 atom stereocenters. The molecule has 0 bridgehead atoms. The summed E-state index contributed by atoms with van der Waals surface area (Å²) in [4.78, 5) is 2.27. The first-order valence-corrected chi connectivity index (χ1v) is 9.57. The first-order chi connectivity index (χ1) is 11.0. The molecule has 0 radical (unpaired) electrons. The summed E-state index contributed by atoms with van der Waals surface area (Å²) in [5.74, 6) is 0. The molecule has 0 amide bonds. The van der Waals surface area contributed by atoms with Crippen LogP contribution in [0.15, 0.2) is 23.1 Å². The number of nitrogens with zero attached hydrogens (tertiary/aromatic N) is 2. The number of benzene rings is 1. The molecule has 7 heteroatoms. The number of aliphatic hydroxyl groups is 1. The summed E-state index contributed by atoms with van der Waals surface area (Å²) in [7, 11) is 0.412. The number of rotatable bonds is 7. The summed E-state index contributed by atoms with van der Waals surface area (Å²) < 4.78 is 27.2. The molecule has 1 aromatic rings. The Bertz CT molecular complexity index is 611. The van der Waals surface area contributed by atoms with E-state index in [0.717, 1.165) is 30.6 Å². The van der Waals surface area contributed by atoms with Crippen LogP contribution in [0.25, 0.3) is 0 Å². The van der Waals surface area contributed by atoms with E-state index >= 15 is 0 Å². The molecule has 0 spiro atoms. The van der Waals surface area contributed by atoms with Crippen LogP contribution in [0.4, 0.5) is 11.4 Å². The van der Waals surface area contributed by atoms with Crippen LogP contribution in [-0.4, -0.2) is 58.2 Å². The zero-order chi connectivity index (χ0) is 16.9. The third-order valence-corrected chi connectivity index (χ3v) is 5.95. The van der Waals surface area contributed by atoms with Crippen LogP contribution in [0.3, 0.4) is 0 Å². The molecule has 2 rings (SSSR count). The van der Waals surface area contributed by atoms with Gasteiger partial charge in [0.25, 0.3) is 0 Å². The maximum absolute atomic E-state index is 12.8. The summed E-state index contributed by atoms with van der Waals surface area (Å²) in [5, 5.41) is 12.2. The molecular formula is C16H27N3O3S. The Labute approximate surface area is 139 Å². The molecule has 130 valence electrons. The fraction of sp³-hybridized carbons (Fsp3) is 0.625. The lowest BCUT2D eigenvalue weighted by Crippen LogP contribution is -2.35.